The Labute approximate surface area is 177 Å². The Hall–Kier alpha value is -2.88. The Bertz CT molecular complexity index is 1050. The van der Waals surface area contributed by atoms with Crippen LogP contribution in [0.5, 0.6) is 5.75 Å². The van der Waals surface area contributed by atoms with Crippen LogP contribution in [0.25, 0.3) is 11.4 Å². The van der Waals surface area contributed by atoms with Crippen LogP contribution >= 0.6 is 15.9 Å². The van der Waals surface area contributed by atoms with Gasteiger partial charge in [-0.15, -0.1) is 0 Å². The number of amides is 1. The van der Waals surface area contributed by atoms with E-state index >= 15 is 0 Å². The van der Waals surface area contributed by atoms with Gasteiger partial charge in [-0.3, -0.25) is 4.79 Å². The van der Waals surface area contributed by atoms with E-state index < -0.39 is 12.1 Å². The second-order valence-electron chi connectivity index (χ2n) is 6.74. The number of alkyl halides is 3. The topological polar surface area (TPSA) is 68.5 Å². The standard InChI is InChI=1S/C20H15BrF3N3O3/c21-14-3-1-2-13(10-14)18(28)27-9-8-16(11-27)29-15-6-4-12(5-7-15)17-25-19(30-26-17)20(22,23)24/h1-7,10,16H,8-9,11H2/t16-/m1/s1. The van der Waals surface area contributed by atoms with Crippen LogP contribution < -0.4 is 4.74 Å². The number of halogens is 4. The molecule has 1 amide bonds. The first kappa shape index (κ1) is 20.4. The molecule has 3 aromatic rings. The number of carbonyl (C=O) groups excluding carboxylic acids is 1. The molecule has 1 aliphatic rings. The third-order valence-electron chi connectivity index (χ3n) is 4.59. The fraction of sp³-hybridized carbons (Fsp3) is 0.250. The average molecular weight is 482 g/mol. The van der Waals surface area contributed by atoms with Gasteiger partial charge in [-0.2, -0.15) is 18.2 Å². The Morgan fingerprint density at radius 3 is 2.63 bits per heavy atom. The van der Waals surface area contributed by atoms with Crippen molar-refractivity contribution < 1.29 is 27.2 Å². The van der Waals surface area contributed by atoms with Crippen molar-refractivity contribution >= 4 is 21.8 Å². The van der Waals surface area contributed by atoms with Crippen molar-refractivity contribution in [3.05, 3.63) is 64.5 Å². The molecule has 1 aliphatic heterocycles. The number of hydrogen-bond donors (Lipinski definition) is 0. The zero-order chi connectivity index (χ0) is 21.3. The van der Waals surface area contributed by atoms with E-state index in [0.717, 1.165) is 4.47 Å². The summed E-state index contributed by atoms with van der Waals surface area (Å²) in [5, 5.41) is 3.36. The van der Waals surface area contributed by atoms with Gasteiger partial charge in [0.1, 0.15) is 11.9 Å². The van der Waals surface area contributed by atoms with E-state index in [1.54, 1.807) is 41.3 Å². The highest BCUT2D eigenvalue weighted by Crippen LogP contribution is 2.30. The van der Waals surface area contributed by atoms with Crippen molar-refractivity contribution in [2.75, 3.05) is 13.1 Å². The molecule has 0 N–H and O–H groups in total. The van der Waals surface area contributed by atoms with Gasteiger partial charge < -0.3 is 14.2 Å². The summed E-state index contributed by atoms with van der Waals surface area (Å²) < 4.78 is 48.7. The van der Waals surface area contributed by atoms with Gasteiger partial charge in [0, 0.05) is 28.6 Å². The fourth-order valence-electron chi connectivity index (χ4n) is 3.14. The lowest BCUT2D eigenvalue weighted by molar-refractivity contribution is -0.159. The second-order valence-corrected chi connectivity index (χ2v) is 7.65. The molecule has 2 aromatic carbocycles. The Morgan fingerprint density at radius 2 is 1.97 bits per heavy atom. The summed E-state index contributed by atoms with van der Waals surface area (Å²) in [5.74, 6) is -1.06. The highest BCUT2D eigenvalue weighted by molar-refractivity contribution is 9.10. The highest BCUT2D eigenvalue weighted by Gasteiger charge is 2.38. The van der Waals surface area contributed by atoms with Gasteiger partial charge in [0.2, 0.25) is 5.82 Å². The van der Waals surface area contributed by atoms with Crippen LogP contribution in [-0.2, 0) is 6.18 Å². The molecule has 0 aliphatic carbocycles. The summed E-state index contributed by atoms with van der Waals surface area (Å²) in [6, 6.07) is 13.6. The first-order chi connectivity index (χ1) is 14.3. The van der Waals surface area contributed by atoms with Crippen molar-refractivity contribution in [2.24, 2.45) is 0 Å². The Kier molecular flexibility index (Phi) is 5.50. The normalized spacial score (nSPS) is 16.7. The molecule has 10 heteroatoms. The summed E-state index contributed by atoms with van der Waals surface area (Å²) in [5.41, 5.74) is 0.979. The molecule has 0 saturated carbocycles. The van der Waals surface area contributed by atoms with Gasteiger partial charge in [0.25, 0.3) is 5.91 Å². The van der Waals surface area contributed by atoms with E-state index in [2.05, 4.69) is 30.6 Å². The van der Waals surface area contributed by atoms with Gasteiger partial charge in [0.15, 0.2) is 0 Å². The lowest BCUT2D eigenvalue weighted by atomic mass is 10.2. The molecule has 6 nitrogen and oxygen atoms in total. The van der Waals surface area contributed by atoms with E-state index in [4.69, 9.17) is 4.74 Å². The maximum atomic E-state index is 12.6. The molecule has 1 atom stereocenters. The largest absolute Gasteiger partial charge is 0.489 e. The first-order valence-electron chi connectivity index (χ1n) is 9.02. The minimum atomic E-state index is -4.68. The number of nitrogens with zero attached hydrogens (tertiary/aromatic N) is 3. The number of ether oxygens (including phenoxy) is 1. The zero-order valence-electron chi connectivity index (χ0n) is 15.4. The molecule has 0 spiro atoms. The molecule has 2 heterocycles. The van der Waals surface area contributed by atoms with Gasteiger partial charge in [-0.05, 0) is 42.5 Å². The van der Waals surface area contributed by atoms with Crippen LogP contribution in [-0.4, -0.2) is 40.1 Å². The third-order valence-corrected chi connectivity index (χ3v) is 5.08. The van der Waals surface area contributed by atoms with E-state index in [9.17, 15) is 18.0 Å². The van der Waals surface area contributed by atoms with Gasteiger partial charge in [-0.25, -0.2) is 0 Å². The molecule has 156 valence electrons. The van der Waals surface area contributed by atoms with Gasteiger partial charge in [0.05, 0.1) is 6.54 Å². The predicted molar refractivity (Wildman–Crippen MR) is 104 cm³/mol. The number of likely N-dealkylation sites (tertiary alicyclic amines) is 1. The minimum Gasteiger partial charge on any atom is -0.489 e. The maximum Gasteiger partial charge on any atom is 0.471 e. The third kappa shape index (κ3) is 4.48. The Morgan fingerprint density at radius 1 is 1.20 bits per heavy atom. The summed E-state index contributed by atoms with van der Waals surface area (Å²) >= 11 is 3.36. The SMILES string of the molecule is O=C(c1cccc(Br)c1)N1CC[C@@H](Oc2ccc(-c3noc(C(F)(F)F)n3)cc2)C1. The van der Waals surface area contributed by atoms with Gasteiger partial charge >= 0.3 is 12.1 Å². The lowest BCUT2D eigenvalue weighted by Gasteiger charge is -2.17. The quantitative estimate of drug-likeness (QED) is 0.534. The molecular formula is C20H15BrF3N3O3. The van der Waals surface area contributed by atoms with Crippen LogP contribution in [0, 0.1) is 0 Å². The lowest BCUT2D eigenvalue weighted by Crippen LogP contribution is -2.30. The monoisotopic (exact) mass is 481 g/mol. The van der Waals surface area contributed by atoms with Crippen molar-refractivity contribution in [1.29, 1.82) is 0 Å². The molecule has 0 unspecified atom stereocenters. The molecule has 4 rings (SSSR count). The van der Waals surface area contributed by atoms with Crippen LogP contribution in [0.2, 0.25) is 0 Å². The van der Waals surface area contributed by atoms with Crippen LogP contribution in [0.15, 0.2) is 57.5 Å². The van der Waals surface area contributed by atoms with E-state index in [-0.39, 0.29) is 17.8 Å². The zero-order valence-corrected chi connectivity index (χ0v) is 17.0. The second kappa shape index (κ2) is 8.10. The molecule has 0 radical (unpaired) electrons. The molecule has 1 aromatic heterocycles. The molecule has 1 fully saturated rings. The van der Waals surface area contributed by atoms with Crippen LogP contribution in [0.3, 0.4) is 0 Å². The number of rotatable bonds is 4. The number of benzene rings is 2. The molecular weight excluding hydrogens is 467 g/mol. The number of carbonyl (C=O) groups is 1. The molecule has 0 bridgehead atoms. The van der Waals surface area contributed by atoms with Crippen molar-refractivity contribution in [1.82, 2.24) is 15.0 Å². The first-order valence-corrected chi connectivity index (χ1v) is 9.82. The number of aromatic nitrogens is 2. The smallest absolute Gasteiger partial charge is 0.471 e. The minimum absolute atomic E-state index is 0.0599. The summed E-state index contributed by atoms with van der Waals surface area (Å²) in [6.07, 6.45) is -4.18. The highest BCUT2D eigenvalue weighted by atomic mass is 79.9. The Balaban J connectivity index is 1.37. The van der Waals surface area contributed by atoms with E-state index in [1.165, 1.54) is 0 Å². The van der Waals surface area contributed by atoms with Crippen LogP contribution in [0.1, 0.15) is 22.7 Å². The van der Waals surface area contributed by atoms with Crippen molar-refractivity contribution in [3.8, 4) is 17.1 Å². The van der Waals surface area contributed by atoms with Crippen molar-refractivity contribution in [3.63, 3.8) is 0 Å². The maximum absolute atomic E-state index is 12.6. The summed E-state index contributed by atoms with van der Waals surface area (Å²) in [4.78, 5) is 17.7. The molecule has 1 saturated heterocycles. The van der Waals surface area contributed by atoms with Crippen molar-refractivity contribution in [2.45, 2.75) is 18.7 Å². The van der Waals surface area contributed by atoms with Crippen LogP contribution in [0.4, 0.5) is 13.2 Å². The fourth-order valence-corrected chi connectivity index (χ4v) is 3.54. The molecule has 30 heavy (non-hydrogen) atoms. The van der Waals surface area contributed by atoms with E-state index in [0.29, 0.717) is 36.4 Å². The summed E-state index contributed by atoms with van der Waals surface area (Å²) in [6.45, 7) is 1.03. The van der Waals surface area contributed by atoms with E-state index in [1.807, 2.05) is 12.1 Å². The summed E-state index contributed by atoms with van der Waals surface area (Å²) in [7, 11) is 0. The van der Waals surface area contributed by atoms with Gasteiger partial charge in [-0.1, -0.05) is 27.2 Å². The predicted octanol–water partition coefficient (Wildman–Crippen LogP) is 4.81. The average Bonchev–Trinajstić information content (AvgIpc) is 3.38. The number of hydrogen-bond acceptors (Lipinski definition) is 5.